The van der Waals surface area contributed by atoms with Gasteiger partial charge in [-0.15, -0.1) is 11.3 Å². The molecule has 2 heterocycles. The number of para-hydroxylation sites is 1. The minimum Gasteiger partial charge on any atom is -0.508 e. The standard InChI is InChI=1S/C23H23N3O5S/c27-18-8-4-3-5-14(18)9-17-10-24-19(32-17)11-25-22(30)20(28)21(29)23(31)26-12-15-6-1-2-7-16(15)13-26/h1-8,10,20-21,27-29H,9,11-13H2,(H,25,30)/t20-,21-/m1/s1. The number of fused-ring (bicyclic) bond motifs is 1. The molecular formula is C23H23N3O5S. The van der Waals surface area contributed by atoms with Crippen LogP contribution in [0.5, 0.6) is 5.75 Å². The predicted octanol–water partition coefficient (Wildman–Crippen LogP) is 1.32. The number of rotatable bonds is 7. The van der Waals surface area contributed by atoms with E-state index in [1.165, 1.54) is 16.2 Å². The van der Waals surface area contributed by atoms with Gasteiger partial charge < -0.3 is 25.5 Å². The normalized spacial score (nSPS) is 14.6. The Labute approximate surface area is 188 Å². The van der Waals surface area contributed by atoms with Gasteiger partial charge in [-0.25, -0.2) is 4.98 Å². The molecule has 0 unspecified atom stereocenters. The topological polar surface area (TPSA) is 123 Å². The summed E-state index contributed by atoms with van der Waals surface area (Å²) in [5, 5.41) is 33.4. The monoisotopic (exact) mass is 453 g/mol. The fraction of sp³-hybridized carbons (Fsp3) is 0.261. The molecule has 1 aliphatic heterocycles. The molecule has 1 aromatic heterocycles. The number of nitrogens with zero attached hydrogens (tertiary/aromatic N) is 2. The number of aliphatic hydroxyl groups excluding tert-OH is 2. The number of hydrogen-bond donors (Lipinski definition) is 4. The average molecular weight is 454 g/mol. The highest BCUT2D eigenvalue weighted by Crippen LogP contribution is 2.24. The Bertz CT molecular complexity index is 1110. The van der Waals surface area contributed by atoms with Gasteiger partial charge in [-0.1, -0.05) is 42.5 Å². The number of phenols is 1. The first-order chi connectivity index (χ1) is 15.4. The molecular weight excluding hydrogens is 430 g/mol. The summed E-state index contributed by atoms with van der Waals surface area (Å²) in [6, 6.07) is 14.6. The summed E-state index contributed by atoms with van der Waals surface area (Å²) < 4.78 is 0. The molecule has 0 saturated carbocycles. The number of benzene rings is 2. The number of nitrogens with one attached hydrogen (secondary N) is 1. The van der Waals surface area contributed by atoms with Crippen molar-refractivity contribution in [2.45, 2.75) is 38.3 Å². The number of amides is 2. The third-order valence-electron chi connectivity index (χ3n) is 5.34. The Morgan fingerprint density at radius 2 is 1.69 bits per heavy atom. The highest BCUT2D eigenvalue weighted by molar-refractivity contribution is 7.11. The van der Waals surface area contributed by atoms with E-state index in [9.17, 15) is 24.9 Å². The van der Waals surface area contributed by atoms with Crippen LogP contribution in [0.1, 0.15) is 26.6 Å². The summed E-state index contributed by atoms with van der Waals surface area (Å²) in [7, 11) is 0. The van der Waals surface area contributed by atoms with Crippen molar-refractivity contribution in [3.05, 3.63) is 81.3 Å². The van der Waals surface area contributed by atoms with E-state index in [2.05, 4.69) is 10.3 Å². The molecule has 4 rings (SSSR count). The van der Waals surface area contributed by atoms with Gasteiger partial charge in [0.05, 0.1) is 6.54 Å². The maximum atomic E-state index is 12.5. The van der Waals surface area contributed by atoms with Crippen LogP contribution in [0.4, 0.5) is 0 Å². The van der Waals surface area contributed by atoms with Crippen LogP contribution in [0.15, 0.2) is 54.7 Å². The molecule has 4 N–H and O–H groups in total. The summed E-state index contributed by atoms with van der Waals surface area (Å²) in [5.74, 6) is -1.33. The zero-order valence-corrected chi connectivity index (χ0v) is 18.0. The summed E-state index contributed by atoms with van der Waals surface area (Å²) in [6.07, 6.45) is -1.56. The maximum absolute atomic E-state index is 12.5. The van der Waals surface area contributed by atoms with E-state index in [0.717, 1.165) is 21.6 Å². The van der Waals surface area contributed by atoms with Crippen molar-refractivity contribution < 1.29 is 24.9 Å². The van der Waals surface area contributed by atoms with Gasteiger partial charge in [0.2, 0.25) is 0 Å². The van der Waals surface area contributed by atoms with Gasteiger partial charge in [-0.3, -0.25) is 9.59 Å². The van der Waals surface area contributed by atoms with Gasteiger partial charge in [-0.2, -0.15) is 0 Å². The lowest BCUT2D eigenvalue weighted by Gasteiger charge is -2.22. The van der Waals surface area contributed by atoms with Crippen molar-refractivity contribution in [2.24, 2.45) is 0 Å². The minimum absolute atomic E-state index is 0.0530. The number of carbonyl (C=O) groups excluding carboxylic acids is 2. The Hall–Kier alpha value is -3.27. The minimum atomic E-state index is -1.88. The quantitative estimate of drug-likeness (QED) is 0.428. The maximum Gasteiger partial charge on any atom is 0.255 e. The number of aromatic nitrogens is 1. The summed E-state index contributed by atoms with van der Waals surface area (Å²) in [6.45, 7) is 0.718. The molecule has 9 heteroatoms. The number of carbonyl (C=O) groups is 2. The van der Waals surface area contributed by atoms with Crippen LogP contribution in [-0.4, -0.2) is 49.2 Å². The van der Waals surface area contributed by atoms with E-state index in [0.29, 0.717) is 24.5 Å². The fourth-order valence-electron chi connectivity index (χ4n) is 3.58. The van der Waals surface area contributed by atoms with Gasteiger partial charge in [0.1, 0.15) is 10.8 Å². The van der Waals surface area contributed by atoms with Gasteiger partial charge >= 0.3 is 0 Å². The molecule has 0 saturated heterocycles. The Balaban J connectivity index is 1.29. The highest BCUT2D eigenvalue weighted by Gasteiger charge is 2.35. The van der Waals surface area contributed by atoms with E-state index in [4.69, 9.17) is 0 Å². The molecule has 2 aromatic carbocycles. The molecule has 0 bridgehead atoms. The van der Waals surface area contributed by atoms with Crippen LogP contribution in [0.3, 0.4) is 0 Å². The second kappa shape index (κ2) is 9.47. The first-order valence-electron chi connectivity index (χ1n) is 10.1. The number of thiazole rings is 1. The number of aromatic hydroxyl groups is 1. The first kappa shape index (κ1) is 21.9. The van der Waals surface area contributed by atoms with Crippen molar-refractivity contribution in [1.82, 2.24) is 15.2 Å². The van der Waals surface area contributed by atoms with Crippen LogP contribution in [0, 0.1) is 0 Å². The number of aliphatic hydroxyl groups is 2. The lowest BCUT2D eigenvalue weighted by Crippen LogP contribution is -2.49. The van der Waals surface area contributed by atoms with Gasteiger partial charge in [-0.05, 0) is 22.8 Å². The third kappa shape index (κ3) is 4.80. The second-order valence-corrected chi connectivity index (χ2v) is 8.80. The lowest BCUT2D eigenvalue weighted by molar-refractivity contribution is -0.153. The highest BCUT2D eigenvalue weighted by atomic mass is 32.1. The average Bonchev–Trinajstić information content (AvgIpc) is 3.44. The van der Waals surface area contributed by atoms with E-state index in [1.807, 2.05) is 36.4 Å². The second-order valence-electron chi connectivity index (χ2n) is 7.60. The van der Waals surface area contributed by atoms with E-state index in [1.54, 1.807) is 18.3 Å². The zero-order chi connectivity index (χ0) is 22.7. The van der Waals surface area contributed by atoms with E-state index < -0.39 is 24.0 Å². The Morgan fingerprint density at radius 3 is 2.38 bits per heavy atom. The lowest BCUT2D eigenvalue weighted by atomic mass is 10.1. The smallest absolute Gasteiger partial charge is 0.255 e. The van der Waals surface area contributed by atoms with Crippen molar-refractivity contribution in [3.8, 4) is 5.75 Å². The predicted molar refractivity (Wildman–Crippen MR) is 118 cm³/mol. The first-order valence-corrected chi connectivity index (χ1v) is 10.9. The molecule has 3 aromatic rings. The number of phenolic OH excluding ortho intramolecular Hbond substituents is 1. The van der Waals surface area contributed by atoms with Crippen LogP contribution in [0.25, 0.3) is 0 Å². The Morgan fingerprint density at radius 1 is 1.03 bits per heavy atom. The Kier molecular flexibility index (Phi) is 6.50. The van der Waals surface area contributed by atoms with Gasteiger partial charge in [0.25, 0.3) is 11.8 Å². The molecule has 1 aliphatic rings. The molecule has 2 atom stereocenters. The van der Waals surface area contributed by atoms with Crippen molar-refractivity contribution in [2.75, 3.05) is 0 Å². The molecule has 0 spiro atoms. The van der Waals surface area contributed by atoms with E-state index in [-0.39, 0.29) is 12.3 Å². The molecule has 2 amide bonds. The van der Waals surface area contributed by atoms with Crippen LogP contribution >= 0.6 is 11.3 Å². The fourth-order valence-corrected chi connectivity index (χ4v) is 4.47. The van der Waals surface area contributed by atoms with Gasteiger partial charge in [0.15, 0.2) is 12.2 Å². The SMILES string of the molecule is O=C(NCc1ncc(Cc2ccccc2O)s1)[C@H](O)[C@@H](O)C(=O)N1Cc2ccccc2C1. The summed E-state index contributed by atoms with van der Waals surface area (Å²) in [5.41, 5.74) is 2.73. The molecule has 0 aliphatic carbocycles. The summed E-state index contributed by atoms with van der Waals surface area (Å²) >= 11 is 1.36. The largest absolute Gasteiger partial charge is 0.508 e. The molecule has 8 nitrogen and oxygen atoms in total. The van der Waals surface area contributed by atoms with Crippen LogP contribution in [0.2, 0.25) is 0 Å². The van der Waals surface area contributed by atoms with Crippen LogP contribution in [-0.2, 0) is 35.6 Å². The van der Waals surface area contributed by atoms with E-state index >= 15 is 0 Å². The summed E-state index contributed by atoms with van der Waals surface area (Å²) in [4.78, 5) is 31.4. The van der Waals surface area contributed by atoms with Crippen molar-refractivity contribution >= 4 is 23.2 Å². The van der Waals surface area contributed by atoms with Crippen molar-refractivity contribution in [3.63, 3.8) is 0 Å². The van der Waals surface area contributed by atoms with Crippen LogP contribution < -0.4 is 5.32 Å². The molecule has 0 radical (unpaired) electrons. The molecule has 32 heavy (non-hydrogen) atoms. The third-order valence-corrected chi connectivity index (χ3v) is 6.34. The molecule has 166 valence electrons. The number of hydrogen-bond acceptors (Lipinski definition) is 7. The zero-order valence-electron chi connectivity index (χ0n) is 17.1. The molecule has 0 fully saturated rings. The van der Waals surface area contributed by atoms with Crippen molar-refractivity contribution in [1.29, 1.82) is 0 Å². The van der Waals surface area contributed by atoms with Gasteiger partial charge in [0, 0.05) is 30.6 Å².